The molecule has 1 saturated carbocycles. The van der Waals surface area contributed by atoms with Crippen molar-refractivity contribution in [2.75, 3.05) is 6.54 Å². The van der Waals surface area contributed by atoms with E-state index in [1.54, 1.807) is 4.90 Å². The number of amides is 3. The van der Waals surface area contributed by atoms with Crippen LogP contribution in [0.5, 0.6) is 0 Å². The summed E-state index contributed by atoms with van der Waals surface area (Å²) in [7, 11) is 0. The van der Waals surface area contributed by atoms with E-state index in [1.165, 1.54) is 12.8 Å². The summed E-state index contributed by atoms with van der Waals surface area (Å²) in [6.07, 6.45) is 3.08. The number of imide groups is 1. The Morgan fingerprint density at radius 2 is 2.04 bits per heavy atom. The fourth-order valence-electron chi connectivity index (χ4n) is 4.02. The van der Waals surface area contributed by atoms with Gasteiger partial charge in [-0.1, -0.05) is 18.2 Å². The van der Waals surface area contributed by atoms with Gasteiger partial charge in [-0.25, -0.2) is 0 Å². The number of nitrogens with two attached hydrogens (primary N) is 1. The average Bonchev–Trinajstić information content (AvgIpc) is 3.40. The largest absolute Gasteiger partial charge is 0.329 e. The summed E-state index contributed by atoms with van der Waals surface area (Å²) < 4.78 is 0. The Bertz CT molecular complexity index is 759. The van der Waals surface area contributed by atoms with Crippen LogP contribution in [0.25, 0.3) is 0 Å². The van der Waals surface area contributed by atoms with Gasteiger partial charge in [0, 0.05) is 37.7 Å². The summed E-state index contributed by atoms with van der Waals surface area (Å²) in [6, 6.07) is 5.55. The van der Waals surface area contributed by atoms with Gasteiger partial charge < -0.3 is 16.0 Å². The van der Waals surface area contributed by atoms with Crippen LogP contribution in [-0.4, -0.2) is 41.2 Å². The minimum Gasteiger partial charge on any atom is -0.329 e. The molecule has 2 atom stereocenters. The van der Waals surface area contributed by atoms with Gasteiger partial charge in [-0.15, -0.1) is 0 Å². The summed E-state index contributed by atoms with van der Waals surface area (Å²) in [5, 5.41) is 5.82. The molecule has 1 aromatic carbocycles. The Morgan fingerprint density at radius 1 is 1.23 bits per heavy atom. The first-order valence-electron chi connectivity index (χ1n) is 9.27. The minimum atomic E-state index is -0.573. The van der Waals surface area contributed by atoms with E-state index in [4.69, 9.17) is 5.73 Å². The van der Waals surface area contributed by atoms with Crippen molar-refractivity contribution in [3.8, 4) is 0 Å². The third kappa shape index (κ3) is 3.12. The molecule has 3 aliphatic rings. The molecule has 4 N–H and O–H groups in total. The highest BCUT2D eigenvalue weighted by atomic mass is 16.2. The molecule has 0 radical (unpaired) electrons. The monoisotopic (exact) mass is 356 g/mol. The molecule has 1 aliphatic carbocycles. The summed E-state index contributed by atoms with van der Waals surface area (Å²) in [4.78, 5) is 38.1. The average molecular weight is 356 g/mol. The Balaban J connectivity index is 1.51. The maximum Gasteiger partial charge on any atom is 0.255 e. The van der Waals surface area contributed by atoms with E-state index in [2.05, 4.69) is 10.6 Å². The van der Waals surface area contributed by atoms with E-state index in [0.717, 1.165) is 11.1 Å². The molecule has 2 aliphatic heterocycles. The molecule has 2 fully saturated rings. The topological polar surface area (TPSA) is 105 Å². The smallest absolute Gasteiger partial charge is 0.255 e. The second-order valence-electron chi connectivity index (χ2n) is 7.41. The lowest BCUT2D eigenvalue weighted by atomic mass is 10.0. The highest BCUT2D eigenvalue weighted by Crippen LogP contribution is 2.33. The number of carbonyl (C=O) groups is 3. The van der Waals surface area contributed by atoms with Crippen LogP contribution < -0.4 is 16.4 Å². The number of nitrogens with zero attached hydrogens (tertiary/aromatic N) is 1. The van der Waals surface area contributed by atoms with Crippen LogP contribution in [0.4, 0.5) is 0 Å². The fourth-order valence-corrected chi connectivity index (χ4v) is 4.02. The van der Waals surface area contributed by atoms with E-state index in [1.807, 2.05) is 18.2 Å². The molecule has 1 saturated heterocycles. The van der Waals surface area contributed by atoms with Gasteiger partial charge in [0.05, 0.1) is 0 Å². The lowest BCUT2D eigenvalue weighted by molar-refractivity contribution is -0.136. The number of hydrogen-bond acceptors (Lipinski definition) is 5. The van der Waals surface area contributed by atoms with E-state index >= 15 is 0 Å². The van der Waals surface area contributed by atoms with Crippen molar-refractivity contribution >= 4 is 17.7 Å². The molecule has 1 aromatic rings. The van der Waals surface area contributed by atoms with Crippen LogP contribution in [0, 0.1) is 5.92 Å². The van der Waals surface area contributed by atoms with Gasteiger partial charge in [-0.3, -0.25) is 19.7 Å². The molecule has 2 heterocycles. The zero-order valence-electron chi connectivity index (χ0n) is 14.7. The van der Waals surface area contributed by atoms with Crippen LogP contribution >= 0.6 is 0 Å². The van der Waals surface area contributed by atoms with Crippen molar-refractivity contribution in [1.29, 1.82) is 0 Å². The standard InChI is InChI=1S/C19H24N4O3/c20-8-14(11-4-5-11)21-9-12-2-1-3-13-10-23(19(26)17(12)13)15-6-7-16(24)22-18(15)25/h1-3,11,14-15,21H,4-10,20H2,(H,22,24,25). The van der Waals surface area contributed by atoms with E-state index in [-0.39, 0.29) is 30.2 Å². The lowest BCUT2D eigenvalue weighted by Gasteiger charge is -2.29. The van der Waals surface area contributed by atoms with E-state index in [9.17, 15) is 14.4 Å². The van der Waals surface area contributed by atoms with Crippen LogP contribution in [0.15, 0.2) is 18.2 Å². The number of piperidine rings is 1. The first-order valence-corrected chi connectivity index (χ1v) is 9.27. The molecule has 0 bridgehead atoms. The normalized spacial score (nSPS) is 23.8. The molecular formula is C19H24N4O3. The zero-order valence-corrected chi connectivity index (χ0v) is 14.7. The van der Waals surface area contributed by atoms with Crippen molar-refractivity contribution in [2.24, 2.45) is 11.7 Å². The van der Waals surface area contributed by atoms with Gasteiger partial charge in [-0.05, 0) is 36.3 Å². The summed E-state index contributed by atoms with van der Waals surface area (Å²) >= 11 is 0. The third-order valence-corrected chi connectivity index (χ3v) is 5.64. The molecule has 0 aromatic heterocycles. The second kappa shape index (κ2) is 6.81. The van der Waals surface area contributed by atoms with Crippen LogP contribution in [0.3, 0.4) is 0 Å². The first-order chi connectivity index (χ1) is 12.6. The molecule has 2 unspecified atom stereocenters. The molecule has 0 spiro atoms. The molecule has 138 valence electrons. The number of hydrogen-bond donors (Lipinski definition) is 3. The third-order valence-electron chi connectivity index (χ3n) is 5.64. The van der Waals surface area contributed by atoms with Gasteiger partial charge in [0.15, 0.2) is 0 Å². The molecule has 3 amide bonds. The van der Waals surface area contributed by atoms with Gasteiger partial charge in [-0.2, -0.15) is 0 Å². The number of benzene rings is 1. The minimum absolute atomic E-state index is 0.123. The Hall–Kier alpha value is -2.25. The van der Waals surface area contributed by atoms with Crippen molar-refractivity contribution in [1.82, 2.24) is 15.5 Å². The fraction of sp³-hybridized carbons (Fsp3) is 0.526. The molecule has 7 nitrogen and oxygen atoms in total. The Morgan fingerprint density at radius 3 is 2.73 bits per heavy atom. The van der Waals surface area contributed by atoms with E-state index < -0.39 is 6.04 Å². The SMILES string of the molecule is NCC(NCc1cccc2c1C(=O)N(C1CCC(=O)NC1=O)C2)C1CC1. The van der Waals surface area contributed by atoms with Crippen molar-refractivity contribution in [3.63, 3.8) is 0 Å². The summed E-state index contributed by atoms with van der Waals surface area (Å²) in [5.41, 5.74) is 8.43. The number of carbonyl (C=O) groups excluding carboxylic acids is 3. The Labute approximate surface area is 152 Å². The van der Waals surface area contributed by atoms with Crippen LogP contribution in [0.2, 0.25) is 0 Å². The lowest BCUT2D eigenvalue weighted by Crippen LogP contribution is -2.52. The molecule has 7 heteroatoms. The zero-order chi connectivity index (χ0) is 18.3. The van der Waals surface area contributed by atoms with Gasteiger partial charge in [0.2, 0.25) is 11.8 Å². The number of nitrogens with one attached hydrogen (secondary N) is 2. The predicted octanol–water partition coefficient (Wildman–Crippen LogP) is 0.274. The Kier molecular flexibility index (Phi) is 4.50. The number of fused-ring (bicyclic) bond motifs is 1. The molecule has 26 heavy (non-hydrogen) atoms. The van der Waals surface area contributed by atoms with Gasteiger partial charge in [0.1, 0.15) is 6.04 Å². The van der Waals surface area contributed by atoms with Crippen LogP contribution in [0.1, 0.15) is 47.2 Å². The van der Waals surface area contributed by atoms with Gasteiger partial charge >= 0.3 is 0 Å². The quantitative estimate of drug-likeness (QED) is 0.635. The van der Waals surface area contributed by atoms with Gasteiger partial charge in [0.25, 0.3) is 5.91 Å². The first kappa shape index (κ1) is 17.2. The maximum atomic E-state index is 13.0. The highest BCUT2D eigenvalue weighted by molar-refractivity contribution is 6.05. The predicted molar refractivity (Wildman–Crippen MR) is 94.9 cm³/mol. The molecule has 4 rings (SSSR count). The summed E-state index contributed by atoms with van der Waals surface area (Å²) in [6.45, 7) is 1.60. The highest BCUT2D eigenvalue weighted by Gasteiger charge is 2.40. The maximum absolute atomic E-state index is 13.0. The van der Waals surface area contributed by atoms with E-state index in [0.29, 0.717) is 37.5 Å². The van der Waals surface area contributed by atoms with Crippen LogP contribution in [-0.2, 0) is 22.7 Å². The second-order valence-corrected chi connectivity index (χ2v) is 7.41. The van der Waals surface area contributed by atoms with Crippen molar-refractivity contribution < 1.29 is 14.4 Å². The van der Waals surface area contributed by atoms with Crippen molar-refractivity contribution in [3.05, 3.63) is 34.9 Å². The summed E-state index contributed by atoms with van der Waals surface area (Å²) in [5.74, 6) is -0.123. The van der Waals surface area contributed by atoms with Crippen molar-refractivity contribution in [2.45, 2.75) is 50.9 Å². The number of rotatable bonds is 6. The molecular weight excluding hydrogens is 332 g/mol.